The maximum absolute atomic E-state index is 9.17. The van der Waals surface area contributed by atoms with Crippen LogP contribution >= 0.6 is 0 Å². The first-order valence-electron chi connectivity index (χ1n) is 5.60. The van der Waals surface area contributed by atoms with E-state index in [0.717, 1.165) is 11.3 Å². The standard InChI is InChI=1S/C13H18O2/c1-9(2)15-13-6-10(8-14)5-12(7-13)11-3-4-11/h5-7,9,11,14H,3-4,8H2,1-2H3. The molecule has 0 amide bonds. The number of ether oxygens (including phenoxy) is 1. The summed E-state index contributed by atoms with van der Waals surface area (Å²) in [6.45, 7) is 4.12. The van der Waals surface area contributed by atoms with Crippen LogP contribution in [0.3, 0.4) is 0 Å². The van der Waals surface area contributed by atoms with Crippen LogP contribution in [0.25, 0.3) is 0 Å². The molecule has 0 bridgehead atoms. The predicted octanol–water partition coefficient (Wildman–Crippen LogP) is 2.84. The first-order valence-corrected chi connectivity index (χ1v) is 5.60. The van der Waals surface area contributed by atoms with Crippen LogP contribution < -0.4 is 4.74 Å². The van der Waals surface area contributed by atoms with Crippen LogP contribution in [-0.4, -0.2) is 11.2 Å². The molecule has 0 unspecified atom stereocenters. The Labute approximate surface area is 90.9 Å². The molecule has 0 atom stereocenters. The summed E-state index contributed by atoms with van der Waals surface area (Å²) in [5.41, 5.74) is 2.27. The molecule has 0 aromatic heterocycles. The second-order valence-electron chi connectivity index (χ2n) is 4.51. The maximum atomic E-state index is 9.17. The fraction of sp³-hybridized carbons (Fsp3) is 0.538. The highest BCUT2D eigenvalue weighted by Gasteiger charge is 2.24. The first-order chi connectivity index (χ1) is 7.19. The third-order valence-electron chi connectivity index (χ3n) is 2.59. The molecule has 0 spiro atoms. The van der Waals surface area contributed by atoms with Crippen molar-refractivity contribution in [2.24, 2.45) is 0 Å². The van der Waals surface area contributed by atoms with E-state index in [1.54, 1.807) is 0 Å². The van der Waals surface area contributed by atoms with E-state index < -0.39 is 0 Å². The Balaban J connectivity index is 2.24. The molecular formula is C13H18O2. The fourth-order valence-corrected chi connectivity index (χ4v) is 1.77. The van der Waals surface area contributed by atoms with Crippen LogP contribution in [0.4, 0.5) is 0 Å². The minimum Gasteiger partial charge on any atom is -0.491 e. The first kappa shape index (κ1) is 10.5. The van der Waals surface area contributed by atoms with Crippen molar-refractivity contribution >= 4 is 0 Å². The lowest BCUT2D eigenvalue weighted by atomic mass is 10.1. The lowest BCUT2D eigenvalue weighted by Gasteiger charge is -2.12. The maximum Gasteiger partial charge on any atom is 0.120 e. The van der Waals surface area contributed by atoms with Gasteiger partial charge in [-0.05, 0) is 55.9 Å². The molecular weight excluding hydrogens is 188 g/mol. The fourth-order valence-electron chi connectivity index (χ4n) is 1.77. The van der Waals surface area contributed by atoms with Crippen molar-refractivity contribution in [3.63, 3.8) is 0 Å². The van der Waals surface area contributed by atoms with Gasteiger partial charge in [0.15, 0.2) is 0 Å². The summed E-state index contributed by atoms with van der Waals surface area (Å²) in [5, 5.41) is 9.17. The summed E-state index contributed by atoms with van der Waals surface area (Å²) >= 11 is 0. The molecule has 0 heterocycles. The average Bonchev–Trinajstić information content (AvgIpc) is 2.99. The van der Waals surface area contributed by atoms with Crippen molar-refractivity contribution in [2.75, 3.05) is 0 Å². The van der Waals surface area contributed by atoms with E-state index in [1.807, 2.05) is 19.9 Å². The molecule has 1 N–H and O–H groups in total. The van der Waals surface area contributed by atoms with Crippen molar-refractivity contribution in [2.45, 2.75) is 45.3 Å². The number of benzene rings is 1. The summed E-state index contributed by atoms with van der Waals surface area (Å²) < 4.78 is 5.66. The van der Waals surface area contributed by atoms with Crippen LogP contribution in [0.1, 0.15) is 43.7 Å². The molecule has 15 heavy (non-hydrogen) atoms. The zero-order valence-electron chi connectivity index (χ0n) is 9.36. The summed E-state index contributed by atoms with van der Waals surface area (Å²) in [4.78, 5) is 0. The van der Waals surface area contributed by atoms with E-state index in [1.165, 1.54) is 18.4 Å². The Bertz CT molecular complexity index is 340. The van der Waals surface area contributed by atoms with Gasteiger partial charge in [-0.25, -0.2) is 0 Å². The molecule has 0 saturated heterocycles. The van der Waals surface area contributed by atoms with Crippen LogP contribution in [0, 0.1) is 0 Å². The summed E-state index contributed by atoms with van der Waals surface area (Å²) in [5.74, 6) is 1.59. The van der Waals surface area contributed by atoms with Gasteiger partial charge in [-0.1, -0.05) is 6.07 Å². The zero-order chi connectivity index (χ0) is 10.8. The molecule has 2 rings (SSSR count). The Hall–Kier alpha value is -1.02. The van der Waals surface area contributed by atoms with E-state index in [-0.39, 0.29) is 12.7 Å². The van der Waals surface area contributed by atoms with Crippen molar-refractivity contribution in [1.82, 2.24) is 0 Å². The highest BCUT2D eigenvalue weighted by molar-refractivity contribution is 5.37. The van der Waals surface area contributed by atoms with Gasteiger partial charge in [0.05, 0.1) is 12.7 Å². The third-order valence-corrected chi connectivity index (χ3v) is 2.59. The summed E-state index contributed by atoms with van der Waals surface area (Å²) in [6, 6.07) is 6.12. The van der Waals surface area contributed by atoms with Gasteiger partial charge in [-0.3, -0.25) is 0 Å². The normalized spacial score (nSPS) is 15.7. The lowest BCUT2D eigenvalue weighted by molar-refractivity contribution is 0.240. The van der Waals surface area contributed by atoms with Gasteiger partial charge in [-0.2, -0.15) is 0 Å². The molecule has 2 nitrogen and oxygen atoms in total. The van der Waals surface area contributed by atoms with Gasteiger partial charge in [0.2, 0.25) is 0 Å². The van der Waals surface area contributed by atoms with Crippen molar-refractivity contribution in [3.8, 4) is 5.75 Å². The molecule has 1 aromatic carbocycles. The molecule has 0 aliphatic heterocycles. The average molecular weight is 206 g/mol. The summed E-state index contributed by atoms with van der Waals surface area (Å²) in [7, 11) is 0. The molecule has 0 radical (unpaired) electrons. The van der Waals surface area contributed by atoms with Gasteiger partial charge in [0.1, 0.15) is 5.75 Å². The second-order valence-corrected chi connectivity index (χ2v) is 4.51. The third kappa shape index (κ3) is 2.72. The zero-order valence-corrected chi connectivity index (χ0v) is 9.36. The predicted molar refractivity (Wildman–Crippen MR) is 60.1 cm³/mol. The molecule has 1 saturated carbocycles. The topological polar surface area (TPSA) is 29.5 Å². The SMILES string of the molecule is CC(C)Oc1cc(CO)cc(C2CC2)c1. The Kier molecular flexibility index (Phi) is 2.96. The van der Waals surface area contributed by atoms with Crippen LogP contribution in [-0.2, 0) is 6.61 Å². The van der Waals surface area contributed by atoms with Gasteiger partial charge in [0, 0.05) is 0 Å². The van der Waals surface area contributed by atoms with Gasteiger partial charge in [-0.15, -0.1) is 0 Å². The summed E-state index contributed by atoms with van der Waals surface area (Å²) in [6.07, 6.45) is 2.73. The van der Waals surface area contributed by atoms with Crippen LogP contribution in [0.5, 0.6) is 5.75 Å². The lowest BCUT2D eigenvalue weighted by Crippen LogP contribution is -2.06. The highest BCUT2D eigenvalue weighted by Crippen LogP contribution is 2.41. The van der Waals surface area contributed by atoms with Gasteiger partial charge >= 0.3 is 0 Å². The monoisotopic (exact) mass is 206 g/mol. The number of hydrogen-bond donors (Lipinski definition) is 1. The minimum atomic E-state index is 0.0923. The quantitative estimate of drug-likeness (QED) is 0.820. The molecule has 1 aliphatic rings. The number of rotatable bonds is 4. The Morgan fingerprint density at radius 2 is 2.07 bits per heavy atom. The minimum absolute atomic E-state index is 0.0923. The van der Waals surface area contributed by atoms with Crippen molar-refractivity contribution in [1.29, 1.82) is 0 Å². The van der Waals surface area contributed by atoms with E-state index in [0.29, 0.717) is 5.92 Å². The van der Waals surface area contributed by atoms with Gasteiger partial charge < -0.3 is 9.84 Å². The number of aliphatic hydroxyl groups excluding tert-OH is 1. The molecule has 1 aromatic rings. The second kappa shape index (κ2) is 4.23. The molecule has 1 fully saturated rings. The van der Waals surface area contributed by atoms with Crippen molar-refractivity contribution < 1.29 is 9.84 Å². The Morgan fingerprint density at radius 1 is 1.33 bits per heavy atom. The molecule has 82 valence electrons. The largest absolute Gasteiger partial charge is 0.491 e. The van der Waals surface area contributed by atoms with Crippen LogP contribution in [0.15, 0.2) is 18.2 Å². The smallest absolute Gasteiger partial charge is 0.120 e. The molecule has 1 aliphatic carbocycles. The number of aliphatic hydroxyl groups is 1. The van der Waals surface area contributed by atoms with Gasteiger partial charge in [0.25, 0.3) is 0 Å². The van der Waals surface area contributed by atoms with E-state index in [4.69, 9.17) is 9.84 Å². The van der Waals surface area contributed by atoms with Crippen LogP contribution in [0.2, 0.25) is 0 Å². The number of hydrogen-bond acceptors (Lipinski definition) is 2. The Morgan fingerprint density at radius 3 is 2.60 bits per heavy atom. The van der Waals surface area contributed by atoms with E-state index in [2.05, 4.69) is 12.1 Å². The molecule has 2 heteroatoms. The van der Waals surface area contributed by atoms with E-state index in [9.17, 15) is 0 Å². The van der Waals surface area contributed by atoms with E-state index >= 15 is 0 Å². The van der Waals surface area contributed by atoms with Crippen molar-refractivity contribution in [3.05, 3.63) is 29.3 Å². The highest BCUT2D eigenvalue weighted by atomic mass is 16.5.